The molecule has 9 nitrogen and oxygen atoms in total. The number of hydrogen-bond donors (Lipinski definition) is 4. The van der Waals surface area contributed by atoms with Crippen LogP contribution in [0.2, 0.25) is 4.34 Å². The minimum Gasteiger partial charge on any atom is -0.507 e. The van der Waals surface area contributed by atoms with Gasteiger partial charge in [-0.15, -0.1) is 11.3 Å². The first-order chi connectivity index (χ1) is 17.2. The summed E-state index contributed by atoms with van der Waals surface area (Å²) in [6, 6.07) is 14.8. The van der Waals surface area contributed by atoms with E-state index >= 15 is 0 Å². The number of carbonyl (C=O) groups excluding carboxylic acids is 1. The molecule has 0 aliphatic heterocycles. The molecule has 1 amide bonds. The second-order valence-electron chi connectivity index (χ2n) is 7.81. The Morgan fingerprint density at radius 1 is 1.23 bits per heavy atom. The summed E-state index contributed by atoms with van der Waals surface area (Å²) in [7, 11) is -4.00. The number of thiophene rings is 1. The van der Waals surface area contributed by atoms with Crippen LogP contribution in [0.15, 0.2) is 58.8 Å². The number of fused-ring (bicyclic) bond motifs is 1. The zero-order valence-corrected chi connectivity index (χ0v) is 21.0. The van der Waals surface area contributed by atoms with Gasteiger partial charge in [0, 0.05) is 7.92 Å². The number of carbonyl (C=O) groups is 1. The second kappa shape index (κ2) is 10.2. The number of benzene rings is 2. The van der Waals surface area contributed by atoms with Crippen LogP contribution in [0.1, 0.15) is 19.4 Å². The number of phenols is 1. The molecule has 4 rings (SSSR count). The summed E-state index contributed by atoms with van der Waals surface area (Å²) in [5.41, 5.74) is 2.28. The third-order valence-electron chi connectivity index (χ3n) is 5.29. The Balaban J connectivity index is 1.58. The maximum atomic E-state index is 12.9. The van der Waals surface area contributed by atoms with Gasteiger partial charge >= 0.3 is 0 Å². The minimum absolute atomic E-state index is 0.00641. The van der Waals surface area contributed by atoms with E-state index in [1.165, 1.54) is 18.2 Å². The van der Waals surface area contributed by atoms with Crippen molar-refractivity contribution in [2.75, 3.05) is 11.7 Å². The molecule has 2 aromatic carbocycles. The van der Waals surface area contributed by atoms with Crippen LogP contribution in [0.4, 0.5) is 5.82 Å². The number of hydrogen-bond acceptors (Lipinski definition) is 7. The van der Waals surface area contributed by atoms with Gasteiger partial charge in [-0.1, -0.05) is 41.9 Å². The van der Waals surface area contributed by atoms with E-state index in [-0.39, 0.29) is 34.1 Å². The average molecular weight is 535 g/mol. The van der Waals surface area contributed by atoms with Crippen LogP contribution >= 0.6 is 22.9 Å². The van der Waals surface area contributed by atoms with Crippen molar-refractivity contribution in [2.24, 2.45) is 0 Å². The SMILES string of the molecule is [2H]CN[C@@H](C)C(=O)NCc1cccc(Cn2nc(NS(=O)(=O)c3ccc(Cl)s3)c3c(O)cccc32)c1. The number of rotatable bonds is 9. The van der Waals surface area contributed by atoms with Gasteiger partial charge in [-0.05, 0) is 49.3 Å². The first kappa shape index (κ1) is 23.6. The van der Waals surface area contributed by atoms with Crippen LogP contribution in [-0.4, -0.2) is 42.3 Å². The Morgan fingerprint density at radius 2 is 2.00 bits per heavy atom. The van der Waals surface area contributed by atoms with Crippen molar-refractivity contribution in [3.63, 3.8) is 0 Å². The number of aromatic nitrogens is 2. The van der Waals surface area contributed by atoms with Gasteiger partial charge in [0.05, 0.1) is 27.8 Å². The first-order valence-electron chi connectivity index (χ1n) is 11.2. The van der Waals surface area contributed by atoms with Crippen molar-refractivity contribution in [3.05, 3.63) is 70.1 Å². The predicted molar refractivity (Wildman–Crippen MR) is 137 cm³/mol. The average Bonchev–Trinajstić information content (AvgIpc) is 3.42. The Morgan fingerprint density at radius 3 is 2.74 bits per heavy atom. The molecule has 1 atom stereocenters. The summed E-state index contributed by atoms with van der Waals surface area (Å²) in [6.07, 6.45) is 0. The third kappa shape index (κ3) is 5.59. The molecule has 2 heterocycles. The fourth-order valence-corrected chi connectivity index (χ4v) is 5.96. The Bertz CT molecular complexity index is 1510. The molecule has 0 bridgehead atoms. The zero-order valence-electron chi connectivity index (χ0n) is 19.7. The summed E-state index contributed by atoms with van der Waals surface area (Å²) in [4.78, 5) is 12.1. The molecule has 184 valence electrons. The topological polar surface area (TPSA) is 125 Å². The summed E-state index contributed by atoms with van der Waals surface area (Å²) in [5.74, 6) is -0.301. The highest BCUT2D eigenvalue weighted by molar-refractivity contribution is 7.94. The molecule has 0 aliphatic rings. The van der Waals surface area contributed by atoms with Gasteiger partial charge in [-0.3, -0.25) is 14.2 Å². The lowest BCUT2D eigenvalue weighted by Crippen LogP contribution is -2.39. The number of anilines is 1. The molecule has 12 heteroatoms. The molecule has 0 unspecified atom stereocenters. The lowest BCUT2D eigenvalue weighted by molar-refractivity contribution is -0.122. The van der Waals surface area contributed by atoms with Gasteiger partial charge < -0.3 is 15.7 Å². The van der Waals surface area contributed by atoms with Gasteiger partial charge in [0.2, 0.25) is 5.91 Å². The summed E-state index contributed by atoms with van der Waals surface area (Å²) in [6.45, 7) is 2.30. The van der Waals surface area contributed by atoms with Crippen molar-refractivity contribution >= 4 is 55.6 Å². The predicted octanol–water partition coefficient (Wildman–Crippen LogP) is 3.53. The van der Waals surface area contributed by atoms with Gasteiger partial charge in [-0.25, -0.2) is 8.42 Å². The van der Waals surface area contributed by atoms with Gasteiger partial charge in [-0.2, -0.15) is 5.10 Å². The van der Waals surface area contributed by atoms with Gasteiger partial charge in [0.25, 0.3) is 10.0 Å². The number of sulfonamides is 1. The molecule has 0 radical (unpaired) electrons. The van der Waals surface area contributed by atoms with E-state index in [2.05, 4.69) is 20.5 Å². The van der Waals surface area contributed by atoms with E-state index in [0.717, 1.165) is 22.5 Å². The zero-order chi connectivity index (χ0) is 25.9. The molecule has 2 aromatic heterocycles. The summed E-state index contributed by atoms with van der Waals surface area (Å²) < 4.78 is 37.3. The number of nitrogens with zero attached hydrogens (tertiary/aromatic N) is 2. The Hall–Kier alpha value is -3.12. The van der Waals surface area contributed by atoms with Crippen LogP contribution in [0, 0.1) is 0 Å². The molecular formula is C23H24ClN5O4S2. The van der Waals surface area contributed by atoms with Crippen LogP contribution in [0.3, 0.4) is 0 Å². The fraction of sp³-hybridized carbons (Fsp3) is 0.217. The van der Waals surface area contributed by atoms with Crippen molar-refractivity contribution in [1.29, 1.82) is 0 Å². The third-order valence-corrected chi connectivity index (χ3v) is 8.35. The molecule has 0 spiro atoms. The van der Waals surface area contributed by atoms with Crippen molar-refractivity contribution in [1.82, 2.24) is 20.4 Å². The highest BCUT2D eigenvalue weighted by atomic mass is 35.5. The van der Waals surface area contributed by atoms with E-state index in [9.17, 15) is 18.3 Å². The van der Waals surface area contributed by atoms with Crippen LogP contribution in [0.5, 0.6) is 5.75 Å². The summed E-state index contributed by atoms with van der Waals surface area (Å²) in [5, 5.41) is 20.8. The van der Waals surface area contributed by atoms with Gasteiger partial charge in [0.15, 0.2) is 5.82 Å². The smallest absolute Gasteiger partial charge is 0.272 e. The standard InChI is InChI=1S/C23H24ClN5O4S2/c1-14(25-2)23(31)26-12-15-5-3-6-16(11-15)13-29-17-7-4-8-18(30)21(17)22(27-29)28-35(32,33)20-10-9-19(24)34-20/h3-11,14,25,30H,12-13H2,1-2H3,(H,26,31)(H,27,28)/t14-/m0/s1/i2D. The molecule has 0 fully saturated rings. The lowest BCUT2D eigenvalue weighted by Gasteiger charge is -2.12. The first-order valence-corrected chi connectivity index (χ1v) is 13.2. The molecule has 4 aromatic rings. The number of phenolic OH excluding ortho intramolecular Hbond substituents is 1. The van der Waals surface area contributed by atoms with Crippen LogP contribution in [0.25, 0.3) is 10.9 Å². The molecule has 4 N–H and O–H groups in total. The summed E-state index contributed by atoms with van der Waals surface area (Å²) >= 11 is 6.82. The van der Waals surface area contributed by atoms with E-state index in [0.29, 0.717) is 22.9 Å². The molecular weight excluding hydrogens is 510 g/mol. The van der Waals surface area contributed by atoms with E-state index in [1.54, 1.807) is 23.7 Å². The van der Waals surface area contributed by atoms with E-state index in [4.69, 9.17) is 13.0 Å². The normalized spacial score (nSPS) is 12.9. The van der Waals surface area contributed by atoms with Crippen molar-refractivity contribution < 1.29 is 19.7 Å². The number of nitrogens with one attached hydrogen (secondary N) is 3. The quantitative estimate of drug-likeness (QED) is 0.260. The minimum atomic E-state index is -3.95. The highest BCUT2D eigenvalue weighted by Gasteiger charge is 2.22. The Kier molecular flexibility index (Phi) is 6.91. The Labute approximate surface area is 213 Å². The number of likely N-dealkylation sites (N-methyl/N-ethyl adjacent to an activating group) is 1. The number of aromatic hydroxyl groups is 1. The van der Waals surface area contributed by atoms with Crippen LogP contribution < -0.4 is 15.4 Å². The number of halogens is 1. The second-order valence-corrected chi connectivity index (χ2v) is 11.4. The molecule has 0 aliphatic carbocycles. The van der Waals surface area contributed by atoms with Gasteiger partial charge in [0.1, 0.15) is 9.96 Å². The molecule has 0 saturated heterocycles. The molecule has 35 heavy (non-hydrogen) atoms. The number of amides is 1. The maximum absolute atomic E-state index is 12.9. The maximum Gasteiger partial charge on any atom is 0.272 e. The largest absolute Gasteiger partial charge is 0.507 e. The highest BCUT2D eigenvalue weighted by Crippen LogP contribution is 2.34. The van der Waals surface area contributed by atoms with Crippen molar-refractivity contribution in [3.8, 4) is 5.75 Å². The monoisotopic (exact) mass is 534 g/mol. The van der Waals surface area contributed by atoms with E-state index in [1.807, 2.05) is 24.3 Å². The fourth-order valence-electron chi connectivity index (χ4n) is 3.47. The van der Waals surface area contributed by atoms with Crippen LogP contribution in [-0.2, 0) is 27.9 Å². The van der Waals surface area contributed by atoms with E-state index < -0.39 is 16.1 Å². The lowest BCUT2D eigenvalue weighted by atomic mass is 10.1. The molecule has 0 saturated carbocycles. The van der Waals surface area contributed by atoms with Crippen molar-refractivity contribution in [2.45, 2.75) is 30.3 Å².